The molecule has 27 heavy (non-hydrogen) atoms. The van der Waals surface area contributed by atoms with E-state index in [0.29, 0.717) is 31.1 Å². The minimum absolute atomic E-state index is 0.313. The number of thiophene rings is 2. The van der Waals surface area contributed by atoms with Crippen molar-refractivity contribution in [1.29, 1.82) is 0 Å². The van der Waals surface area contributed by atoms with Crippen molar-refractivity contribution < 1.29 is 18.7 Å². The number of rotatable bonds is 3. The molecule has 0 aliphatic rings. The van der Waals surface area contributed by atoms with E-state index in [0.717, 1.165) is 10.9 Å². The van der Waals surface area contributed by atoms with E-state index in [4.69, 9.17) is 9.15 Å². The van der Waals surface area contributed by atoms with Gasteiger partial charge in [-0.25, -0.2) is 9.59 Å². The van der Waals surface area contributed by atoms with Gasteiger partial charge in [-0.05, 0) is 36.6 Å². The third-order valence-corrected chi connectivity index (χ3v) is 6.10. The molecule has 0 aliphatic carbocycles. The van der Waals surface area contributed by atoms with Crippen LogP contribution in [0.2, 0.25) is 0 Å². The molecule has 0 saturated carbocycles. The molecule has 136 valence electrons. The Morgan fingerprint density at radius 2 is 1.96 bits per heavy atom. The maximum atomic E-state index is 12.7. The number of carbonyl (C=O) groups excluding carboxylic acids is 2. The highest BCUT2D eigenvalue weighted by Gasteiger charge is 2.19. The number of methoxy groups -OCH3 is 1. The fraction of sp³-hybridized carbons (Fsp3) is 0.105. The van der Waals surface area contributed by atoms with E-state index < -0.39 is 17.5 Å². The van der Waals surface area contributed by atoms with Gasteiger partial charge in [0.15, 0.2) is 0 Å². The number of amides is 1. The molecule has 0 bridgehead atoms. The number of benzene rings is 1. The summed E-state index contributed by atoms with van der Waals surface area (Å²) in [6.07, 6.45) is 0. The van der Waals surface area contributed by atoms with Crippen molar-refractivity contribution >= 4 is 61.3 Å². The van der Waals surface area contributed by atoms with Gasteiger partial charge in [-0.15, -0.1) is 22.7 Å². The lowest BCUT2D eigenvalue weighted by molar-refractivity contribution is 0.0607. The average Bonchev–Trinajstić information content (AvgIpc) is 3.29. The second-order valence-electron chi connectivity index (χ2n) is 5.85. The van der Waals surface area contributed by atoms with E-state index in [1.54, 1.807) is 17.5 Å². The molecule has 3 aromatic heterocycles. The predicted molar refractivity (Wildman–Crippen MR) is 106 cm³/mol. The van der Waals surface area contributed by atoms with E-state index in [-0.39, 0.29) is 0 Å². The fourth-order valence-electron chi connectivity index (χ4n) is 2.76. The van der Waals surface area contributed by atoms with Gasteiger partial charge in [0.1, 0.15) is 10.5 Å². The number of esters is 1. The molecule has 0 unspecified atom stereocenters. The van der Waals surface area contributed by atoms with Gasteiger partial charge in [-0.2, -0.15) is 0 Å². The Morgan fingerprint density at radius 1 is 1.15 bits per heavy atom. The Kier molecular flexibility index (Phi) is 4.29. The number of ether oxygens (including phenoxy) is 1. The smallest absolute Gasteiger partial charge is 0.350 e. The molecular formula is C19H13NO5S2. The first-order valence-electron chi connectivity index (χ1n) is 7.92. The molecule has 3 heterocycles. The first-order chi connectivity index (χ1) is 13.0. The lowest BCUT2D eigenvalue weighted by Crippen LogP contribution is -2.12. The summed E-state index contributed by atoms with van der Waals surface area (Å²) in [4.78, 5) is 37.4. The van der Waals surface area contributed by atoms with Crippen molar-refractivity contribution in [2.45, 2.75) is 6.92 Å². The van der Waals surface area contributed by atoms with Crippen LogP contribution in [0.3, 0.4) is 0 Å². The number of hydrogen-bond donors (Lipinski definition) is 1. The van der Waals surface area contributed by atoms with E-state index in [1.807, 2.05) is 19.1 Å². The van der Waals surface area contributed by atoms with Crippen LogP contribution in [0.4, 0.5) is 5.69 Å². The van der Waals surface area contributed by atoms with E-state index in [2.05, 4.69) is 5.32 Å². The number of aryl methyl sites for hydroxylation is 1. The standard InChI is InChI=1S/C19H13NO5S2/c1-9-3-4-13-10(7-9)15-11(18(22)25-13)8-14(27-15)17(21)20-12-5-6-26-16(12)19(23)24-2/h3-8H,1-2H3,(H,20,21). The largest absolute Gasteiger partial charge is 0.465 e. The van der Waals surface area contributed by atoms with Crippen molar-refractivity contribution in [3.63, 3.8) is 0 Å². The predicted octanol–water partition coefficient (Wildman–Crippen LogP) is 4.42. The molecule has 1 amide bonds. The molecule has 4 aromatic rings. The van der Waals surface area contributed by atoms with E-state index >= 15 is 0 Å². The highest BCUT2D eigenvalue weighted by molar-refractivity contribution is 7.21. The van der Waals surface area contributed by atoms with E-state index in [1.165, 1.54) is 35.8 Å². The Labute approximate surface area is 161 Å². The topological polar surface area (TPSA) is 85.6 Å². The normalized spacial score (nSPS) is 11.0. The molecule has 0 spiro atoms. The van der Waals surface area contributed by atoms with Gasteiger partial charge in [-0.3, -0.25) is 4.79 Å². The third kappa shape index (κ3) is 3.02. The molecule has 8 heteroatoms. The molecule has 0 saturated heterocycles. The minimum Gasteiger partial charge on any atom is -0.465 e. The number of carbonyl (C=O) groups is 2. The van der Waals surface area contributed by atoms with Crippen LogP contribution in [0.25, 0.3) is 21.1 Å². The summed E-state index contributed by atoms with van der Waals surface area (Å²) < 4.78 is 10.8. The van der Waals surface area contributed by atoms with Gasteiger partial charge < -0.3 is 14.5 Å². The van der Waals surface area contributed by atoms with Crippen LogP contribution in [0.1, 0.15) is 24.9 Å². The first kappa shape index (κ1) is 17.4. The molecule has 0 atom stereocenters. The number of hydrogen-bond acceptors (Lipinski definition) is 7. The molecule has 1 aromatic carbocycles. The van der Waals surface area contributed by atoms with Crippen LogP contribution in [-0.2, 0) is 4.74 Å². The van der Waals surface area contributed by atoms with E-state index in [9.17, 15) is 14.4 Å². The summed E-state index contributed by atoms with van der Waals surface area (Å²) in [5.74, 6) is -0.918. The summed E-state index contributed by atoms with van der Waals surface area (Å²) in [7, 11) is 1.28. The molecule has 0 fully saturated rings. The van der Waals surface area contributed by atoms with Crippen LogP contribution in [0.15, 0.2) is 44.9 Å². The van der Waals surface area contributed by atoms with Gasteiger partial charge in [0.25, 0.3) is 5.91 Å². The van der Waals surface area contributed by atoms with Gasteiger partial charge in [0.05, 0.1) is 27.8 Å². The fourth-order valence-corrected chi connectivity index (χ4v) is 4.59. The Bertz CT molecular complexity index is 1260. The first-order valence-corrected chi connectivity index (χ1v) is 9.61. The Balaban J connectivity index is 1.77. The van der Waals surface area contributed by atoms with Crippen LogP contribution >= 0.6 is 22.7 Å². The highest BCUT2D eigenvalue weighted by atomic mass is 32.1. The van der Waals surface area contributed by atoms with Crippen LogP contribution < -0.4 is 10.9 Å². The molecular weight excluding hydrogens is 386 g/mol. The monoisotopic (exact) mass is 399 g/mol. The van der Waals surface area contributed by atoms with Crippen LogP contribution in [0.5, 0.6) is 0 Å². The quantitative estimate of drug-likeness (QED) is 0.407. The van der Waals surface area contributed by atoms with Gasteiger partial charge in [0, 0.05) is 5.39 Å². The number of fused-ring (bicyclic) bond motifs is 3. The number of nitrogens with one attached hydrogen (secondary N) is 1. The average molecular weight is 399 g/mol. The second kappa shape index (κ2) is 6.64. The Morgan fingerprint density at radius 3 is 2.74 bits per heavy atom. The van der Waals surface area contributed by atoms with Crippen molar-refractivity contribution in [1.82, 2.24) is 0 Å². The zero-order chi connectivity index (χ0) is 19.1. The van der Waals surface area contributed by atoms with Crippen molar-refractivity contribution in [3.05, 3.63) is 61.4 Å². The molecule has 6 nitrogen and oxygen atoms in total. The lowest BCUT2D eigenvalue weighted by atomic mass is 10.1. The minimum atomic E-state index is -0.515. The van der Waals surface area contributed by atoms with Gasteiger partial charge in [0.2, 0.25) is 0 Å². The summed E-state index contributed by atoms with van der Waals surface area (Å²) in [5.41, 5.74) is 1.40. The summed E-state index contributed by atoms with van der Waals surface area (Å²) in [5, 5.41) is 5.56. The molecule has 1 N–H and O–H groups in total. The van der Waals surface area contributed by atoms with Crippen molar-refractivity contribution in [3.8, 4) is 0 Å². The lowest BCUT2D eigenvalue weighted by Gasteiger charge is -2.03. The summed E-state index contributed by atoms with van der Waals surface area (Å²) in [6.45, 7) is 1.95. The zero-order valence-electron chi connectivity index (χ0n) is 14.3. The summed E-state index contributed by atoms with van der Waals surface area (Å²) in [6, 6.07) is 8.69. The molecule has 0 aliphatic heterocycles. The van der Waals surface area contributed by atoms with Crippen molar-refractivity contribution in [2.75, 3.05) is 12.4 Å². The van der Waals surface area contributed by atoms with Crippen LogP contribution in [-0.4, -0.2) is 19.0 Å². The molecule has 0 radical (unpaired) electrons. The summed E-state index contributed by atoms with van der Waals surface area (Å²) >= 11 is 2.39. The van der Waals surface area contributed by atoms with Gasteiger partial charge in [-0.1, -0.05) is 11.6 Å². The molecule has 4 rings (SSSR count). The maximum Gasteiger partial charge on any atom is 0.350 e. The highest BCUT2D eigenvalue weighted by Crippen LogP contribution is 2.32. The van der Waals surface area contributed by atoms with Gasteiger partial charge >= 0.3 is 11.6 Å². The van der Waals surface area contributed by atoms with Crippen LogP contribution in [0, 0.1) is 6.92 Å². The maximum absolute atomic E-state index is 12.7. The van der Waals surface area contributed by atoms with Crippen molar-refractivity contribution in [2.24, 2.45) is 0 Å². The SMILES string of the molecule is COC(=O)c1sccc1NC(=O)c1cc2c(=O)oc3ccc(C)cc3c2s1. The second-order valence-corrected chi connectivity index (χ2v) is 7.82. The Hall–Kier alpha value is -2.97. The third-order valence-electron chi connectivity index (χ3n) is 4.04. The number of anilines is 1. The zero-order valence-corrected chi connectivity index (χ0v) is 16.0.